The van der Waals surface area contributed by atoms with Crippen LogP contribution < -0.4 is 10.1 Å². The highest BCUT2D eigenvalue weighted by molar-refractivity contribution is 5.64. The fourth-order valence-corrected chi connectivity index (χ4v) is 1.96. The molecule has 0 aliphatic carbocycles. The van der Waals surface area contributed by atoms with Crippen LogP contribution in [-0.4, -0.2) is 19.7 Å². The molecule has 0 unspecified atom stereocenters. The Morgan fingerprint density at radius 3 is 2.65 bits per heavy atom. The van der Waals surface area contributed by atoms with E-state index in [0.29, 0.717) is 6.61 Å². The summed E-state index contributed by atoms with van der Waals surface area (Å²) in [6.07, 6.45) is 0. The second-order valence-corrected chi connectivity index (χ2v) is 4.81. The van der Waals surface area contributed by atoms with Gasteiger partial charge in [0.15, 0.2) is 0 Å². The third-order valence-electron chi connectivity index (χ3n) is 3.06. The molecule has 0 bridgehead atoms. The predicted octanol–water partition coefficient (Wildman–Crippen LogP) is 3.68. The van der Waals surface area contributed by atoms with E-state index in [2.05, 4.69) is 37.0 Å². The van der Waals surface area contributed by atoms with Gasteiger partial charge >= 0.3 is 0 Å². The quantitative estimate of drug-likeness (QED) is 0.773. The van der Waals surface area contributed by atoms with Gasteiger partial charge in [0.1, 0.15) is 12.4 Å². The summed E-state index contributed by atoms with van der Waals surface area (Å²) in [5, 5.41) is 3.34. The highest BCUT2D eigenvalue weighted by Gasteiger charge is 1.98. The maximum atomic E-state index is 5.68. The van der Waals surface area contributed by atoms with Crippen molar-refractivity contribution in [2.24, 2.45) is 0 Å². The van der Waals surface area contributed by atoms with Crippen molar-refractivity contribution in [3.8, 4) is 5.75 Å². The molecule has 2 aromatic carbocycles. The molecule has 20 heavy (non-hydrogen) atoms. The van der Waals surface area contributed by atoms with Crippen molar-refractivity contribution in [1.29, 1.82) is 0 Å². The van der Waals surface area contributed by atoms with Gasteiger partial charge in [0.2, 0.25) is 0 Å². The smallest absolute Gasteiger partial charge is 0.119 e. The maximum absolute atomic E-state index is 5.68. The average Bonchev–Trinajstić information content (AvgIpc) is 2.48. The molecule has 2 nitrogen and oxygen atoms in total. The zero-order valence-electron chi connectivity index (χ0n) is 11.9. The van der Waals surface area contributed by atoms with Crippen LogP contribution in [0.1, 0.15) is 11.1 Å². The Bertz CT molecular complexity index is 548. The topological polar surface area (TPSA) is 21.3 Å². The molecule has 1 N–H and O–H groups in total. The molecule has 2 aromatic rings. The Morgan fingerprint density at radius 2 is 1.90 bits per heavy atom. The minimum absolute atomic E-state index is 0.658. The Morgan fingerprint density at radius 1 is 1.10 bits per heavy atom. The molecular weight excluding hydrogens is 246 g/mol. The number of benzene rings is 2. The van der Waals surface area contributed by atoms with Crippen LogP contribution in [0.4, 0.5) is 0 Å². The number of nitrogens with one attached hydrogen (secondary N) is 1. The van der Waals surface area contributed by atoms with Gasteiger partial charge in [-0.05, 0) is 35.8 Å². The summed E-state index contributed by atoms with van der Waals surface area (Å²) >= 11 is 0. The second kappa shape index (κ2) is 7.51. The van der Waals surface area contributed by atoms with Gasteiger partial charge in [0.05, 0.1) is 0 Å². The molecular formula is C18H21NO. The first-order valence-electron chi connectivity index (χ1n) is 6.89. The van der Waals surface area contributed by atoms with E-state index in [1.165, 1.54) is 11.1 Å². The Labute approximate surface area is 121 Å². The molecule has 0 spiro atoms. The molecule has 0 fully saturated rings. The second-order valence-electron chi connectivity index (χ2n) is 4.81. The molecule has 2 heteroatoms. The van der Waals surface area contributed by atoms with Crippen LogP contribution in [0.5, 0.6) is 5.75 Å². The summed E-state index contributed by atoms with van der Waals surface area (Å²) in [5.41, 5.74) is 3.49. The first-order valence-corrected chi connectivity index (χ1v) is 6.89. The van der Waals surface area contributed by atoms with Crippen LogP contribution in [0.15, 0.2) is 61.2 Å². The zero-order valence-corrected chi connectivity index (χ0v) is 11.9. The van der Waals surface area contributed by atoms with Crippen molar-refractivity contribution in [1.82, 2.24) is 5.32 Å². The van der Waals surface area contributed by atoms with Crippen molar-refractivity contribution in [2.75, 3.05) is 19.7 Å². The van der Waals surface area contributed by atoms with E-state index in [1.54, 1.807) is 0 Å². The van der Waals surface area contributed by atoms with E-state index in [1.807, 2.05) is 36.4 Å². The normalized spacial score (nSPS) is 10.2. The fraction of sp³-hybridized carbons (Fsp3) is 0.222. The Kier molecular flexibility index (Phi) is 5.39. The average molecular weight is 267 g/mol. The van der Waals surface area contributed by atoms with Gasteiger partial charge in [-0.3, -0.25) is 0 Å². The van der Waals surface area contributed by atoms with E-state index in [0.717, 1.165) is 24.4 Å². The maximum Gasteiger partial charge on any atom is 0.119 e. The van der Waals surface area contributed by atoms with Crippen molar-refractivity contribution in [3.05, 3.63) is 72.3 Å². The van der Waals surface area contributed by atoms with Crippen LogP contribution in [0.2, 0.25) is 0 Å². The van der Waals surface area contributed by atoms with Crippen molar-refractivity contribution >= 4 is 5.57 Å². The Hall–Kier alpha value is -2.06. The summed E-state index contributed by atoms with van der Waals surface area (Å²) < 4.78 is 5.68. The number of hydrogen-bond acceptors (Lipinski definition) is 2. The predicted molar refractivity (Wildman–Crippen MR) is 85.0 cm³/mol. The number of aryl methyl sites for hydroxylation is 1. The van der Waals surface area contributed by atoms with E-state index in [-0.39, 0.29) is 0 Å². The fourth-order valence-electron chi connectivity index (χ4n) is 1.96. The molecule has 0 saturated heterocycles. The lowest BCUT2D eigenvalue weighted by Gasteiger charge is -2.09. The standard InChI is InChI=1S/C18H21NO/c1-15-7-6-10-18(13-15)20-12-11-19-14-16(2)17-8-4-3-5-9-17/h3-10,13,19H,2,11-12,14H2,1H3. The molecule has 0 atom stereocenters. The minimum atomic E-state index is 0.658. The largest absolute Gasteiger partial charge is 0.492 e. The van der Waals surface area contributed by atoms with Crippen molar-refractivity contribution in [3.63, 3.8) is 0 Å². The molecule has 0 amide bonds. The van der Waals surface area contributed by atoms with Crippen LogP contribution in [-0.2, 0) is 0 Å². The van der Waals surface area contributed by atoms with Gasteiger partial charge in [-0.15, -0.1) is 0 Å². The summed E-state index contributed by atoms with van der Waals surface area (Å²) in [4.78, 5) is 0. The van der Waals surface area contributed by atoms with Gasteiger partial charge in [0, 0.05) is 13.1 Å². The first kappa shape index (κ1) is 14.4. The number of rotatable bonds is 7. The van der Waals surface area contributed by atoms with Gasteiger partial charge in [-0.2, -0.15) is 0 Å². The minimum Gasteiger partial charge on any atom is -0.492 e. The summed E-state index contributed by atoms with van der Waals surface area (Å²) in [6.45, 7) is 8.40. The zero-order chi connectivity index (χ0) is 14.2. The van der Waals surface area contributed by atoms with E-state index in [4.69, 9.17) is 4.74 Å². The van der Waals surface area contributed by atoms with E-state index >= 15 is 0 Å². The van der Waals surface area contributed by atoms with Crippen LogP contribution in [0.25, 0.3) is 5.57 Å². The lowest BCUT2D eigenvalue weighted by Crippen LogP contribution is -2.22. The van der Waals surface area contributed by atoms with Gasteiger partial charge < -0.3 is 10.1 Å². The van der Waals surface area contributed by atoms with E-state index < -0.39 is 0 Å². The lowest BCUT2D eigenvalue weighted by molar-refractivity contribution is 0.316. The van der Waals surface area contributed by atoms with Gasteiger partial charge in [0.25, 0.3) is 0 Å². The molecule has 0 aromatic heterocycles. The molecule has 2 rings (SSSR count). The summed E-state index contributed by atoms with van der Waals surface area (Å²) in [5.74, 6) is 0.925. The number of hydrogen-bond donors (Lipinski definition) is 1. The Balaban J connectivity index is 1.66. The van der Waals surface area contributed by atoms with Crippen LogP contribution in [0, 0.1) is 6.92 Å². The van der Waals surface area contributed by atoms with E-state index in [9.17, 15) is 0 Å². The molecule has 0 radical (unpaired) electrons. The van der Waals surface area contributed by atoms with Crippen molar-refractivity contribution in [2.45, 2.75) is 6.92 Å². The molecule has 0 aliphatic rings. The summed E-state index contributed by atoms with van der Waals surface area (Å²) in [7, 11) is 0. The molecule has 104 valence electrons. The molecule has 0 aliphatic heterocycles. The van der Waals surface area contributed by atoms with Crippen molar-refractivity contribution < 1.29 is 4.74 Å². The van der Waals surface area contributed by atoms with Gasteiger partial charge in [-0.25, -0.2) is 0 Å². The third kappa shape index (κ3) is 4.56. The SMILES string of the molecule is C=C(CNCCOc1cccc(C)c1)c1ccccc1. The molecule has 0 heterocycles. The van der Waals surface area contributed by atoms with Crippen LogP contribution in [0.3, 0.4) is 0 Å². The first-order chi connectivity index (χ1) is 9.75. The molecule has 0 saturated carbocycles. The monoisotopic (exact) mass is 267 g/mol. The lowest BCUT2D eigenvalue weighted by atomic mass is 10.1. The third-order valence-corrected chi connectivity index (χ3v) is 3.06. The number of ether oxygens (including phenoxy) is 1. The highest BCUT2D eigenvalue weighted by atomic mass is 16.5. The van der Waals surface area contributed by atoms with Gasteiger partial charge in [-0.1, -0.05) is 49.0 Å². The summed E-state index contributed by atoms with van der Waals surface area (Å²) in [6, 6.07) is 18.3. The highest BCUT2D eigenvalue weighted by Crippen LogP contribution is 2.12. The van der Waals surface area contributed by atoms with Crippen LogP contribution >= 0.6 is 0 Å².